The van der Waals surface area contributed by atoms with Gasteiger partial charge in [0.25, 0.3) is 5.91 Å². The van der Waals surface area contributed by atoms with Gasteiger partial charge in [0.2, 0.25) is 0 Å². The molecule has 32 heavy (non-hydrogen) atoms. The number of amides is 1. The molecule has 0 bridgehead atoms. The molecule has 0 aromatic heterocycles. The van der Waals surface area contributed by atoms with Gasteiger partial charge in [-0.2, -0.15) is 0 Å². The highest BCUT2D eigenvalue weighted by Gasteiger charge is 2.68. The topological polar surface area (TPSA) is 53.0 Å². The minimum absolute atomic E-state index is 0.122. The number of aliphatic hydroxyl groups is 1. The standard InChI is InChI=1S/C27H50N2O3/c1-8-10-11-12-13-14-15-21-16-27(17-21)29(18-22(30)9-2)23(31)26(32-27)19-24(3,4)28(7)25(5,6)20-26/h21-22,30H,8-20H2,1-7H3. The number of hydrogen-bond acceptors (Lipinski definition) is 4. The van der Waals surface area contributed by atoms with Crippen molar-refractivity contribution in [1.82, 2.24) is 9.80 Å². The van der Waals surface area contributed by atoms with Crippen LogP contribution in [0.2, 0.25) is 0 Å². The third-order valence-electron chi connectivity index (χ3n) is 8.81. The molecule has 0 aromatic carbocycles. The molecule has 5 nitrogen and oxygen atoms in total. The maximum Gasteiger partial charge on any atom is 0.257 e. The highest BCUT2D eigenvalue weighted by Crippen LogP contribution is 2.58. The Morgan fingerprint density at radius 3 is 2.12 bits per heavy atom. The second kappa shape index (κ2) is 9.54. The van der Waals surface area contributed by atoms with Gasteiger partial charge in [0, 0.05) is 30.5 Å². The predicted octanol–water partition coefficient (Wildman–Crippen LogP) is 5.49. The molecule has 1 saturated carbocycles. The molecular weight excluding hydrogens is 400 g/mol. The summed E-state index contributed by atoms with van der Waals surface area (Å²) in [6, 6.07) is 0. The highest BCUT2D eigenvalue weighted by atomic mass is 16.6. The van der Waals surface area contributed by atoms with Crippen molar-refractivity contribution in [3.8, 4) is 0 Å². The van der Waals surface area contributed by atoms with E-state index >= 15 is 0 Å². The van der Waals surface area contributed by atoms with Crippen molar-refractivity contribution >= 4 is 5.91 Å². The van der Waals surface area contributed by atoms with Crippen LogP contribution < -0.4 is 0 Å². The molecule has 1 N–H and O–H groups in total. The van der Waals surface area contributed by atoms with Crippen LogP contribution in [-0.2, 0) is 9.53 Å². The van der Waals surface area contributed by atoms with Crippen molar-refractivity contribution in [3.63, 3.8) is 0 Å². The quantitative estimate of drug-likeness (QED) is 0.447. The van der Waals surface area contributed by atoms with Gasteiger partial charge < -0.3 is 14.7 Å². The van der Waals surface area contributed by atoms with Gasteiger partial charge in [0.05, 0.1) is 6.10 Å². The van der Waals surface area contributed by atoms with E-state index in [4.69, 9.17) is 4.74 Å². The Kier molecular flexibility index (Phi) is 7.74. The second-order valence-corrected chi connectivity index (χ2v) is 12.4. The Balaban J connectivity index is 1.71. The molecule has 3 fully saturated rings. The zero-order valence-corrected chi connectivity index (χ0v) is 22.0. The van der Waals surface area contributed by atoms with Crippen LogP contribution in [0.25, 0.3) is 0 Å². The number of hydrogen-bond donors (Lipinski definition) is 1. The molecule has 2 heterocycles. The van der Waals surface area contributed by atoms with E-state index in [9.17, 15) is 9.90 Å². The van der Waals surface area contributed by atoms with Crippen molar-refractivity contribution in [2.45, 2.75) is 147 Å². The van der Waals surface area contributed by atoms with E-state index < -0.39 is 17.4 Å². The summed E-state index contributed by atoms with van der Waals surface area (Å²) in [6.07, 6.45) is 12.6. The smallest absolute Gasteiger partial charge is 0.257 e. The van der Waals surface area contributed by atoms with Gasteiger partial charge in [0.1, 0.15) is 5.72 Å². The van der Waals surface area contributed by atoms with Crippen LogP contribution in [0, 0.1) is 5.92 Å². The Morgan fingerprint density at radius 2 is 1.56 bits per heavy atom. The van der Waals surface area contributed by atoms with Gasteiger partial charge in [-0.25, -0.2) is 0 Å². The normalized spacial score (nSPS) is 31.9. The number of rotatable bonds is 10. The highest BCUT2D eigenvalue weighted by molar-refractivity contribution is 5.88. The summed E-state index contributed by atoms with van der Waals surface area (Å²) in [7, 11) is 2.17. The molecular formula is C27H50N2O3. The molecule has 2 spiro atoms. The van der Waals surface area contributed by atoms with Gasteiger partial charge in [0.15, 0.2) is 5.60 Å². The van der Waals surface area contributed by atoms with Gasteiger partial charge >= 0.3 is 0 Å². The zero-order chi connectivity index (χ0) is 23.8. The Hall–Kier alpha value is -0.650. The first kappa shape index (κ1) is 26.0. The number of carbonyl (C=O) groups excluding carboxylic acids is 1. The largest absolute Gasteiger partial charge is 0.391 e. The van der Waals surface area contributed by atoms with Crippen molar-refractivity contribution < 1.29 is 14.6 Å². The van der Waals surface area contributed by atoms with Gasteiger partial charge in [-0.3, -0.25) is 9.69 Å². The van der Waals surface area contributed by atoms with Crippen molar-refractivity contribution in [2.24, 2.45) is 5.92 Å². The zero-order valence-electron chi connectivity index (χ0n) is 22.0. The Bertz CT molecular complexity index is 635. The van der Waals surface area contributed by atoms with Crippen LogP contribution in [0.5, 0.6) is 0 Å². The molecule has 0 radical (unpaired) electrons. The Labute approximate surface area is 197 Å². The lowest BCUT2D eigenvalue weighted by Gasteiger charge is -2.56. The van der Waals surface area contributed by atoms with Crippen molar-refractivity contribution in [1.29, 1.82) is 0 Å². The summed E-state index contributed by atoms with van der Waals surface area (Å²) in [5.41, 5.74) is -1.51. The van der Waals surface area contributed by atoms with Crippen LogP contribution in [0.3, 0.4) is 0 Å². The summed E-state index contributed by atoms with van der Waals surface area (Å²) < 4.78 is 6.93. The summed E-state index contributed by atoms with van der Waals surface area (Å²) in [4.78, 5) is 18.3. The average molecular weight is 451 g/mol. The minimum atomic E-state index is -0.766. The van der Waals surface area contributed by atoms with Crippen molar-refractivity contribution in [3.05, 3.63) is 0 Å². The van der Waals surface area contributed by atoms with Crippen molar-refractivity contribution in [2.75, 3.05) is 13.6 Å². The maximum absolute atomic E-state index is 14.0. The van der Waals surface area contributed by atoms with Crippen LogP contribution >= 0.6 is 0 Å². The number of aliphatic hydroxyl groups excluding tert-OH is 1. The van der Waals surface area contributed by atoms with Crippen LogP contribution in [-0.4, -0.2) is 62.9 Å². The molecule has 1 amide bonds. The summed E-state index contributed by atoms with van der Waals surface area (Å²) in [6.45, 7) is 13.6. The van der Waals surface area contributed by atoms with E-state index in [2.05, 4.69) is 46.6 Å². The van der Waals surface area contributed by atoms with E-state index in [1.165, 1.54) is 44.9 Å². The summed E-state index contributed by atoms with van der Waals surface area (Å²) in [5.74, 6) is 0.759. The first-order valence-corrected chi connectivity index (χ1v) is 13.4. The molecule has 3 aliphatic rings. The molecule has 1 atom stereocenters. The molecule has 2 saturated heterocycles. The van der Waals surface area contributed by atoms with Crippen LogP contribution in [0.4, 0.5) is 0 Å². The number of unbranched alkanes of at least 4 members (excludes halogenated alkanes) is 5. The monoisotopic (exact) mass is 450 g/mol. The third-order valence-corrected chi connectivity index (χ3v) is 8.81. The van der Waals surface area contributed by atoms with E-state index in [0.717, 1.165) is 12.8 Å². The number of β-amino-alcohol motifs (C(OH)–C–C–N with tert-alkyl or cyclic N) is 1. The lowest BCUT2D eigenvalue weighted by atomic mass is 9.71. The lowest BCUT2D eigenvalue weighted by molar-refractivity contribution is -0.234. The van der Waals surface area contributed by atoms with Crippen LogP contribution in [0.15, 0.2) is 0 Å². The molecule has 2 aliphatic heterocycles. The Morgan fingerprint density at radius 1 is 1.00 bits per heavy atom. The number of piperidine rings is 1. The van der Waals surface area contributed by atoms with E-state index in [1.807, 2.05) is 11.8 Å². The first-order chi connectivity index (χ1) is 14.9. The second-order valence-electron chi connectivity index (χ2n) is 12.4. The predicted molar refractivity (Wildman–Crippen MR) is 130 cm³/mol. The molecule has 1 unspecified atom stereocenters. The number of nitrogens with zero attached hydrogens (tertiary/aromatic N) is 2. The van der Waals surface area contributed by atoms with E-state index in [-0.39, 0.29) is 17.0 Å². The van der Waals surface area contributed by atoms with E-state index in [1.54, 1.807) is 0 Å². The number of ether oxygens (including phenoxy) is 1. The molecule has 0 aromatic rings. The third kappa shape index (κ3) is 4.90. The maximum atomic E-state index is 14.0. The summed E-state index contributed by atoms with van der Waals surface area (Å²) >= 11 is 0. The molecule has 1 aliphatic carbocycles. The SMILES string of the molecule is CCCCCCCCC1CC2(C1)OC1(CC(C)(C)N(C)C(C)(C)C1)C(=O)N2CC(O)CC. The fraction of sp³-hybridized carbons (Fsp3) is 0.963. The van der Waals surface area contributed by atoms with Gasteiger partial charge in [-0.1, -0.05) is 58.8 Å². The average Bonchev–Trinajstić information content (AvgIpc) is 2.90. The lowest BCUT2D eigenvalue weighted by Crippen LogP contribution is -2.66. The fourth-order valence-corrected chi connectivity index (χ4v) is 6.79. The van der Waals surface area contributed by atoms with E-state index in [0.29, 0.717) is 31.7 Å². The molecule has 186 valence electrons. The van der Waals surface area contributed by atoms with Crippen LogP contribution in [0.1, 0.15) is 119 Å². The molecule has 5 heteroatoms. The number of carbonyl (C=O) groups is 1. The van der Waals surface area contributed by atoms with Gasteiger partial charge in [-0.15, -0.1) is 0 Å². The first-order valence-electron chi connectivity index (χ1n) is 13.4. The molecule has 3 rings (SSSR count). The van der Waals surface area contributed by atoms with Gasteiger partial charge in [-0.05, 0) is 59.9 Å². The fourth-order valence-electron chi connectivity index (χ4n) is 6.79. The minimum Gasteiger partial charge on any atom is -0.391 e. The number of likely N-dealkylation sites (tertiary alicyclic amines) is 1. The summed E-state index contributed by atoms with van der Waals surface area (Å²) in [5, 5.41) is 10.5.